The van der Waals surface area contributed by atoms with Gasteiger partial charge in [-0.1, -0.05) is 15.9 Å². The molecule has 0 saturated carbocycles. The van der Waals surface area contributed by atoms with E-state index in [2.05, 4.69) is 41.9 Å². The molecule has 10 N–H and O–H groups in total. The Bertz CT molecular complexity index is 2370. The van der Waals surface area contributed by atoms with E-state index in [1.54, 1.807) is 14.2 Å². The molecule has 6 saturated heterocycles. The maximum Gasteiger partial charge on any atom is 1.00 e. The summed E-state index contributed by atoms with van der Waals surface area (Å²) < 4.78 is 113. The number of aliphatic hydroxyl groups is 9. The maximum absolute atomic E-state index is 12.3. The fraction of sp³-hybridized carbons (Fsp3) is 0.917. The minimum Gasteiger partial charge on any atom is -0.756 e. The van der Waals surface area contributed by atoms with Crippen molar-refractivity contribution in [2.75, 3.05) is 121 Å². The first-order valence-corrected chi connectivity index (χ1v) is 34.4. The zero-order valence-corrected chi connectivity index (χ0v) is 61.2. The summed E-state index contributed by atoms with van der Waals surface area (Å²) in [6.07, 6.45) is -22.3. The van der Waals surface area contributed by atoms with Crippen LogP contribution in [0.4, 0.5) is 0 Å². The molecule has 0 spiro atoms. The topological polar surface area (TPSA) is 474 Å². The van der Waals surface area contributed by atoms with Crippen LogP contribution >= 0.6 is 67.7 Å². The number of thiol groups is 1. The molecular formula is C48H85BrN2Na2O32P2S3. The molecule has 1 aromatic rings. The number of ether oxygens (including phenoxy) is 14. The Morgan fingerprint density at radius 1 is 0.611 bits per heavy atom. The third kappa shape index (κ3) is 28.7. The number of fused-ring (bicyclic) bond motifs is 3. The summed E-state index contributed by atoms with van der Waals surface area (Å²) in [7, 11) is -6.93. The number of thioether (sulfide) groups is 2. The zero-order chi connectivity index (χ0) is 65.6. The fourth-order valence-electron chi connectivity index (χ4n) is 8.64. The van der Waals surface area contributed by atoms with Crippen molar-refractivity contribution in [1.82, 2.24) is 9.55 Å². The van der Waals surface area contributed by atoms with Crippen molar-refractivity contribution in [2.45, 2.75) is 156 Å². The van der Waals surface area contributed by atoms with Gasteiger partial charge in [0, 0.05) is 67.7 Å². The van der Waals surface area contributed by atoms with E-state index in [0.717, 1.165) is 18.0 Å². The molecular weight excluding hydrogens is 1400 g/mol. The number of aliphatic hydroxyl groups excluding tert-OH is 9. The number of nitrogens with zero attached hydrogens (tertiary/aromatic N) is 1. The van der Waals surface area contributed by atoms with Crippen molar-refractivity contribution in [3.8, 4) is 0 Å². The third-order valence-electron chi connectivity index (χ3n) is 12.9. The van der Waals surface area contributed by atoms with E-state index >= 15 is 0 Å². The first-order chi connectivity index (χ1) is 41.5. The Labute approximate surface area is 586 Å². The smallest absolute Gasteiger partial charge is 0.756 e. The van der Waals surface area contributed by atoms with E-state index in [-0.39, 0.29) is 95.6 Å². The minimum absolute atomic E-state index is 0. The number of alkyl halides is 1. The largest absolute Gasteiger partial charge is 1.00 e. The third-order valence-corrected chi connectivity index (χ3v) is 18.3. The summed E-state index contributed by atoms with van der Waals surface area (Å²) in [5.41, 5.74) is -1.77. The van der Waals surface area contributed by atoms with Crippen LogP contribution < -0.4 is 80.2 Å². The molecule has 516 valence electrons. The van der Waals surface area contributed by atoms with Crippen LogP contribution in [0.2, 0.25) is 0 Å². The van der Waals surface area contributed by atoms with Crippen LogP contribution in [0.5, 0.6) is 0 Å². The molecule has 0 aromatic carbocycles. The predicted octanol–water partition coefficient (Wildman–Crippen LogP) is -10.1. The van der Waals surface area contributed by atoms with Gasteiger partial charge in [-0.05, 0) is 27.7 Å². The quantitative estimate of drug-likeness (QED) is 0.0112. The van der Waals surface area contributed by atoms with Crippen LogP contribution in [0.15, 0.2) is 21.9 Å². The normalized spacial score (nSPS) is 34.4. The Morgan fingerprint density at radius 3 is 1.64 bits per heavy atom. The number of methoxy groups -OCH3 is 3. The van der Waals surface area contributed by atoms with Crippen LogP contribution in [0.3, 0.4) is 0 Å². The van der Waals surface area contributed by atoms with Crippen LogP contribution in [0.1, 0.15) is 33.9 Å². The summed E-state index contributed by atoms with van der Waals surface area (Å²) >= 11 is 10.1. The Morgan fingerprint density at radius 2 is 1.11 bits per heavy atom. The summed E-state index contributed by atoms with van der Waals surface area (Å²) in [6, 6.07) is 0.924. The van der Waals surface area contributed by atoms with E-state index < -0.39 is 131 Å². The number of H-pyrrole nitrogens is 1. The molecule has 6 fully saturated rings. The standard InChI is InChI=1S/C20H34N2O18P2S.C12H19BrO5.C11H22O7S.C5H12O2S.2Na/c1-34-4-5-35-6-7-43-9-11-14(25)15(26)17(28)19(38-11)39-42(32,33)40-41(30,31)36-8-10-13(24)16(27)18(37-10)22-3-2-12(23)21-20(22)29;1-11(2)15-7-6(5-13)14-10-9(8(7)16-11)17-12(3,4)18-10;1-16-2-3-17-4-5-19-6-7-8(12)9(13)10(14)11(15)18-7;1-6-2-3-7-4-5-8;;/h2-3,10-11,13-19,24-28H,4-9H2,1H3,(H,30,31)(H,32,33)(H,21,23,29);6-10H,5H2,1-4H3;7-15H,2-6H2,1H3;8H,2-5H2,1H3;;/q;;;;2*+1/p-2/t10-,11?,13+,14+,15+,16?,17?,18-,19?;6?,7-,8-,9?,10+;7?,8-,9-,10?,11?;;;/m100.../s1. The number of phosphoric ester groups is 2. The molecule has 0 bridgehead atoms. The second kappa shape index (κ2) is 43.3. The number of aromatic nitrogens is 2. The summed E-state index contributed by atoms with van der Waals surface area (Å²) in [5.74, 6) is 1.04. The van der Waals surface area contributed by atoms with E-state index in [1.165, 1.54) is 30.6 Å². The van der Waals surface area contributed by atoms with Gasteiger partial charge in [0.05, 0.1) is 84.4 Å². The molecule has 7 heterocycles. The number of aromatic amines is 1. The zero-order valence-electron chi connectivity index (χ0n) is 51.3. The Hall–Kier alpha value is 1.55. The molecule has 6 aliphatic heterocycles. The molecule has 90 heavy (non-hydrogen) atoms. The van der Waals surface area contributed by atoms with Crippen LogP contribution in [0, 0.1) is 0 Å². The van der Waals surface area contributed by atoms with Crippen molar-refractivity contribution >= 4 is 67.7 Å². The van der Waals surface area contributed by atoms with Crippen molar-refractivity contribution in [3.05, 3.63) is 33.1 Å². The van der Waals surface area contributed by atoms with E-state index in [0.29, 0.717) is 86.6 Å². The summed E-state index contributed by atoms with van der Waals surface area (Å²) in [5, 5.41) is 89.4. The first kappa shape index (κ1) is 87.6. The number of halogens is 1. The average molecular weight is 1490 g/mol. The van der Waals surface area contributed by atoms with Gasteiger partial charge >= 0.3 is 64.8 Å². The molecule has 21 atom stereocenters. The molecule has 7 rings (SSSR count). The average Bonchev–Trinajstić information content (AvgIpc) is 1.73. The molecule has 34 nitrogen and oxygen atoms in total. The van der Waals surface area contributed by atoms with E-state index in [9.17, 15) is 74.5 Å². The van der Waals surface area contributed by atoms with Gasteiger partial charge in [-0.25, -0.2) is 9.11 Å². The fourth-order valence-corrected chi connectivity index (χ4v) is 13.2. The second-order valence-corrected chi connectivity index (χ2v) is 26.8. The van der Waals surface area contributed by atoms with Crippen molar-refractivity contribution in [2.24, 2.45) is 0 Å². The van der Waals surface area contributed by atoms with Crippen LogP contribution in [0.25, 0.3) is 0 Å². The number of hydrogen-bond acceptors (Lipinski definition) is 35. The van der Waals surface area contributed by atoms with Gasteiger partial charge in [-0.15, -0.1) is 0 Å². The molecule has 1 aromatic heterocycles. The van der Waals surface area contributed by atoms with E-state index in [4.69, 9.17) is 66.3 Å². The molecule has 42 heteroatoms. The first-order valence-electron chi connectivity index (χ1n) is 27.4. The minimum atomic E-state index is -5.90. The van der Waals surface area contributed by atoms with Crippen molar-refractivity contribution in [1.29, 1.82) is 0 Å². The van der Waals surface area contributed by atoms with Gasteiger partial charge in [-0.2, -0.15) is 36.2 Å². The monoisotopic (exact) mass is 1480 g/mol. The second-order valence-electron chi connectivity index (χ2n) is 20.5. The maximum atomic E-state index is 12.3. The number of hydrogen-bond donors (Lipinski definition) is 11. The van der Waals surface area contributed by atoms with Gasteiger partial charge < -0.3 is 127 Å². The number of phosphoric acid groups is 2. The van der Waals surface area contributed by atoms with Crippen molar-refractivity contribution < 1.29 is 204 Å². The summed E-state index contributed by atoms with van der Waals surface area (Å²) in [4.78, 5) is 49.7. The van der Waals surface area contributed by atoms with Crippen LogP contribution in [-0.2, 0) is 88.8 Å². The van der Waals surface area contributed by atoms with Gasteiger partial charge in [0.1, 0.15) is 73.2 Å². The van der Waals surface area contributed by atoms with Crippen molar-refractivity contribution in [3.63, 3.8) is 0 Å². The van der Waals surface area contributed by atoms with E-state index in [1.807, 2.05) is 32.7 Å². The summed E-state index contributed by atoms with van der Waals surface area (Å²) in [6.45, 7) is 11.2. The van der Waals surface area contributed by atoms with Gasteiger partial charge in [0.2, 0.25) is 0 Å². The number of rotatable bonds is 30. The SMILES string of the molecule is CC1(C)OC2[C@H](OC(CBr)[C@@H]3OC(C)(C)O[C@H]23)O1.COCCOCCS.COCCOCCSCC1OC(O)C(O)[C@@H](O)[C@H]1O.COCCOCCSCC1OC(OP(=O)([O-])OP(=O)([O-])OC[C@H]2O[C@@H](n3ccc(=O)[nH]c3=O)C(O)[C@H]2O)C(O)[C@@H](O)[C@H]1O.[Na+].[Na+]. The molecule has 0 amide bonds. The molecule has 0 radical (unpaired) electrons. The van der Waals surface area contributed by atoms with Gasteiger partial charge in [-0.3, -0.25) is 28.0 Å². The van der Waals surface area contributed by atoms with Crippen LogP contribution in [-0.4, -0.2) is 299 Å². The Kier molecular flexibility index (Phi) is 42.1. The molecule has 11 unspecified atom stereocenters. The van der Waals surface area contributed by atoms with Gasteiger partial charge in [0.25, 0.3) is 21.2 Å². The predicted molar refractivity (Wildman–Crippen MR) is 309 cm³/mol. The number of nitrogens with one attached hydrogen (secondary N) is 1. The molecule has 0 aliphatic carbocycles. The Balaban J connectivity index is 0.000000482. The van der Waals surface area contributed by atoms with Gasteiger partial charge in [0.15, 0.2) is 36.7 Å². The molecule has 6 aliphatic rings.